The van der Waals surface area contributed by atoms with Gasteiger partial charge in [-0.05, 0) is 24.3 Å². The van der Waals surface area contributed by atoms with E-state index in [-0.39, 0.29) is 22.9 Å². The third kappa shape index (κ3) is 2.90. The number of benzene rings is 1. The van der Waals surface area contributed by atoms with Gasteiger partial charge in [0.2, 0.25) is 0 Å². The standard InChI is InChI=1S/C11H12FN7O/c12-7-3-1-6(2-4-7)11(20)19-18-10-8(13)9(17-14)15-5-16-10/h1-5H,13-14H2,(H,19,20)(H2,15,16,17,18). The van der Waals surface area contributed by atoms with Crippen LogP contribution in [0.25, 0.3) is 0 Å². The predicted molar refractivity (Wildman–Crippen MR) is 71.7 cm³/mol. The summed E-state index contributed by atoms with van der Waals surface area (Å²) in [4.78, 5) is 19.4. The fraction of sp³-hybridized carbons (Fsp3) is 0. The summed E-state index contributed by atoms with van der Waals surface area (Å²) in [6.45, 7) is 0. The maximum absolute atomic E-state index is 12.7. The number of rotatable bonds is 4. The minimum atomic E-state index is -0.467. The van der Waals surface area contributed by atoms with Crippen LogP contribution in [0.2, 0.25) is 0 Å². The Kier molecular flexibility index (Phi) is 3.91. The molecule has 0 aliphatic heterocycles. The first-order chi connectivity index (χ1) is 9.61. The molecule has 1 heterocycles. The zero-order chi connectivity index (χ0) is 14.5. The van der Waals surface area contributed by atoms with Crippen LogP contribution < -0.4 is 27.9 Å². The molecular weight excluding hydrogens is 265 g/mol. The van der Waals surface area contributed by atoms with E-state index >= 15 is 0 Å². The Morgan fingerprint density at radius 3 is 2.45 bits per heavy atom. The highest BCUT2D eigenvalue weighted by Crippen LogP contribution is 2.20. The van der Waals surface area contributed by atoms with Crippen LogP contribution in [0.1, 0.15) is 10.4 Å². The number of carbonyl (C=O) groups excluding carboxylic acids is 1. The van der Waals surface area contributed by atoms with E-state index in [0.29, 0.717) is 0 Å². The lowest BCUT2D eigenvalue weighted by atomic mass is 10.2. The van der Waals surface area contributed by atoms with Crippen molar-refractivity contribution in [2.75, 3.05) is 16.6 Å². The largest absolute Gasteiger partial charge is 0.393 e. The molecule has 9 heteroatoms. The van der Waals surface area contributed by atoms with Crippen LogP contribution in [0, 0.1) is 5.82 Å². The number of nitrogen functional groups attached to an aromatic ring is 2. The second kappa shape index (κ2) is 5.80. The molecule has 8 nitrogen and oxygen atoms in total. The maximum Gasteiger partial charge on any atom is 0.269 e. The molecule has 0 unspecified atom stereocenters. The van der Waals surface area contributed by atoms with Crippen LogP contribution in [0.3, 0.4) is 0 Å². The van der Waals surface area contributed by atoms with Gasteiger partial charge < -0.3 is 11.2 Å². The normalized spacial score (nSPS) is 9.90. The minimum Gasteiger partial charge on any atom is -0.393 e. The topological polar surface area (TPSA) is 131 Å². The smallest absolute Gasteiger partial charge is 0.269 e. The van der Waals surface area contributed by atoms with E-state index in [0.717, 1.165) is 0 Å². The molecule has 20 heavy (non-hydrogen) atoms. The van der Waals surface area contributed by atoms with Gasteiger partial charge in [-0.1, -0.05) is 0 Å². The molecule has 0 bridgehead atoms. The van der Waals surface area contributed by atoms with E-state index < -0.39 is 11.7 Å². The van der Waals surface area contributed by atoms with Gasteiger partial charge in [0.1, 0.15) is 17.8 Å². The molecule has 104 valence electrons. The second-order valence-electron chi connectivity index (χ2n) is 3.71. The third-order valence-corrected chi connectivity index (χ3v) is 2.42. The van der Waals surface area contributed by atoms with Gasteiger partial charge in [0.15, 0.2) is 11.6 Å². The molecule has 0 spiro atoms. The van der Waals surface area contributed by atoms with E-state index in [1.54, 1.807) is 0 Å². The SMILES string of the molecule is NNc1ncnc(NNC(=O)c2ccc(F)cc2)c1N. The number of amides is 1. The molecule has 0 aliphatic rings. The highest BCUT2D eigenvalue weighted by molar-refractivity contribution is 5.95. The number of aromatic nitrogens is 2. The Bertz CT molecular complexity index is 617. The summed E-state index contributed by atoms with van der Waals surface area (Å²) in [6, 6.07) is 5.07. The van der Waals surface area contributed by atoms with Gasteiger partial charge in [-0.3, -0.25) is 15.6 Å². The summed E-state index contributed by atoms with van der Waals surface area (Å²) < 4.78 is 12.7. The van der Waals surface area contributed by atoms with E-state index in [1.165, 1.54) is 30.6 Å². The van der Waals surface area contributed by atoms with E-state index in [9.17, 15) is 9.18 Å². The summed E-state index contributed by atoms with van der Waals surface area (Å²) >= 11 is 0. The Balaban J connectivity index is 2.05. The summed E-state index contributed by atoms with van der Waals surface area (Å²) in [5.74, 6) is 4.72. The van der Waals surface area contributed by atoms with Gasteiger partial charge in [0, 0.05) is 5.56 Å². The van der Waals surface area contributed by atoms with Crippen LogP contribution in [-0.4, -0.2) is 15.9 Å². The van der Waals surface area contributed by atoms with Crippen LogP contribution in [-0.2, 0) is 0 Å². The highest BCUT2D eigenvalue weighted by Gasteiger charge is 2.09. The van der Waals surface area contributed by atoms with Crippen molar-refractivity contribution >= 4 is 23.2 Å². The molecular formula is C11H12FN7O. The van der Waals surface area contributed by atoms with Crippen LogP contribution in [0.4, 0.5) is 21.7 Å². The molecule has 1 amide bonds. The zero-order valence-electron chi connectivity index (χ0n) is 10.2. The van der Waals surface area contributed by atoms with Crippen molar-refractivity contribution in [3.63, 3.8) is 0 Å². The van der Waals surface area contributed by atoms with Crippen LogP contribution in [0.5, 0.6) is 0 Å². The van der Waals surface area contributed by atoms with Gasteiger partial charge in [-0.25, -0.2) is 20.2 Å². The fourth-order valence-corrected chi connectivity index (χ4v) is 1.40. The molecule has 2 rings (SSSR count). The number of nitrogens with two attached hydrogens (primary N) is 2. The molecule has 0 atom stereocenters. The van der Waals surface area contributed by atoms with Crippen molar-refractivity contribution in [1.82, 2.24) is 15.4 Å². The van der Waals surface area contributed by atoms with Crippen molar-refractivity contribution in [2.24, 2.45) is 5.84 Å². The van der Waals surface area contributed by atoms with E-state index in [4.69, 9.17) is 11.6 Å². The summed E-state index contributed by atoms with van der Waals surface area (Å²) in [5.41, 5.74) is 13.3. The van der Waals surface area contributed by atoms with Crippen molar-refractivity contribution in [3.8, 4) is 0 Å². The van der Waals surface area contributed by atoms with Gasteiger partial charge in [0.05, 0.1) is 0 Å². The lowest BCUT2D eigenvalue weighted by molar-refractivity contribution is 0.0962. The maximum atomic E-state index is 12.7. The first-order valence-electron chi connectivity index (χ1n) is 5.51. The molecule has 0 aliphatic carbocycles. The molecule has 0 saturated heterocycles. The van der Waals surface area contributed by atoms with E-state index in [2.05, 4.69) is 26.2 Å². The van der Waals surface area contributed by atoms with Crippen molar-refractivity contribution in [2.45, 2.75) is 0 Å². The van der Waals surface area contributed by atoms with Gasteiger partial charge in [-0.15, -0.1) is 0 Å². The average molecular weight is 277 g/mol. The predicted octanol–water partition coefficient (Wildman–Crippen LogP) is 0.240. The molecule has 0 saturated carbocycles. The molecule has 0 fully saturated rings. The number of nitrogens with one attached hydrogen (secondary N) is 3. The number of anilines is 3. The quantitative estimate of drug-likeness (QED) is 0.399. The second-order valence-corrected chi connectivity index (χ2v) is 3.71. The number of hydrazine groups is 2. The Morgan fingerprint density at radius 1 is 1.15 bits per heavy atom. The number of hydrogen-bond acceptors (Lipinski definition) is 7. The van der Waals surface area contributed by atoms with Crippen molar-refractivity contribution in [3.05, 3.63) is 42.0 Å². The van der Waals surface area contributed by atoms with E-state index in [1.807, 2.05) is 0 Å². The van der Waals surface area contributed by atoms with Gasteiger partial charge in [0.25, 0.3) is 5.91 Å². The third-order valence-electron chi connectivity index (χ3n) is 2.42. The van der Waals surface area contributed by atoms with Crippen molar-refractivity contribution in [1.29, 1.82) is 0 Å². The fourth-order valence-electron chi connectivity index (χ4n) is 1.40. The van der Waals surface area contributed by atoms with Crippen LogP contribution in [0.15, 0.2) is 30.6 Å². The molecule has 7 N–H and O–H groups in total. The summed E-state index contributed by atoms with van der Waals surface area (Å²) in [7, 11) is 0. The molecule has 2 aromatic rings. The Labute approximate surface area is 113 Å². The highest BCUT2D eigenvalue weighted by atomic mass is 19.1. The Hall–Kier alpha value is -2.94. The molecule has 1 aromatic heterocycles. The lowest BCUT2D eigenvalue weighted by Gasteiger charge is -2.11. The number of hydrogen-bond donors (Lipinski definition) is 5. The van der Waals surface area contributed by atoms with Crippen molar-refractivity contribution < 1.29 is 9.18 Å². The van der Waals surface area contributed by atoms with Gasteiger partial charge >= 0.3 is 0 Å². The number of carbonyl (C=O) groups is 1. The summed E-state index contributed by atoms with van der Waals surface area (Å²) in [5, 5.41) is 0. The molecule has 0 radical (unpaired) electrons. The lowest BCUT2D eigenvalue weighted by Crippen LogP contribution is -2.30. The summed E-state index contributed by atoms with van der Waals surface area (Å²) in [6.07, 6.45) is 1.22. The number of halogens is 1. The monoisotopic (exact) mass is 277 g/mol. The van der Waals surface area contributed by atoms with Crippen LogP contribution >= 0.6 is 0 Å². The minimum absolute atomic E-state index is 0.148. The number of nitrogens with zero attached hydrogens (tertiary/aromatic N) is 2. The Morgan fingerprint density at radius 2 is 1.80 bits per heavy atom. The first kappa shape index (κ1) is 13.5. The average Bonchev–Trinajstić information content (AvgIpc) is 2.46. The van der Waals surface area contributed by atoms with Gasteiger partial charge in [-0.2, -0.15) is 0 Å². The first-order valence-corrected chi connectivity index (χ1v) is 5.51. The molecule has 1 aromatic carbocycles. The zero-order valence-corrected chi connectivity index (χ0v) is 10.2.